The Morgan fingerprint density at radius 1 is 1.29 bits per heavy atom. The third-order valence-corrected chi connectivity index (χ3v) is 5.60. The number of benzene rings is 1. The number of hydrogen-bond donors (Lipinski definition) is 2. The fourth-order valence-corrected chi connectivity index (χ4v) is 3.83. The van der Waals surface area contributed by atoms with Crippen molar-refractivity contribution in [2.45, 2.75) is 31.2 Å². The van der Waals surface area contributed by atoms with E-state index in [4.69, 9.17) is 4.74 Å². The van der Waals surface area contributed by atoms with Crippen molar-refractivity contribution in [2.75, 3.05) is 20.2 Å². The fourth-order valence-electron chi connectivity index (χ4n) is 3.01. The first-order valence-electron chi connectivity index (χ1n) is 8.50. The molecule has 1 aliphatic heterocycles. The highest BCUT2D eigenvalue weighted by atomic mass is 35.5. The predicted molar refractivity (Wildman–Crippen MR) is 103 cm³/mol. The molecule has 1 aromatic heterocycles. The van der Waals surface area contributed by atoms with Crippen LogP contribution in [0.3, 0.4) is 0 Å². The van der Waals surface area contributed by atoms with Gasteiger partial charge in [0.1, 0.15) is 10.6 Å². The normalized spacial score (nSPS) is 16.3. The van der Waals surface area contributed by atoms with Crippen molar-refractivity contribution in [3.05, 3.63) is 40.9 Å². The third kappa shape index (κ3) is 5.02. The monoisotopic (exact) mass is 435 g/mol. The lowest BCUT2D eigenvalue weighted by molar-refractivity contribution is -0.146. The zero-order valence-electron chi connectivity index (χ0n) is 15.1. The summed E-state index contributed by atoms with van der Waals surface area (Å²) in [4.78, 5) is 16.9. The molecule has 5 nitrogen and oxygen atoms in total. The number of carbonyl (C=O) groups is 1. The van der Waals surface area contributed by atoms with Crippen LogP contribution in [-0.2, 0) is 22.3 Å². The minimum atomic E-state index is -4.36. The van der Waals surface area contributed by atoms with Crippen molar-refractivity contribution < 1.29 is 22.7 Å². The van der Waals surface area contributed by atoms with Crippen molar-refractivity contribution in [1.82, 2.24) is 15.6 Å². The molecule has 1 fully saturated rings. The lowest BCUT2D eigenvalue weighted by atomic mass is 9.91. The Morgan fingerprint density at radius 3 is 2.50 bits per heavy atom. The van der Waals surface area contributed by atoms with Crippen LogP contribution in [0.5, 0.6) is 0 Å². The van der Waals surface area contributed by atoms with Crippen LogP contribution in [0.1, 0.15) is 24.1 Å². The molecule has 0 spiro atoms. The number of halogens is 4. The Balaban J connectivity index is 0.00000280. The van der Waals surface area contributed by atoms with Crippen molar-refractivity contribution in [1.29, 1.82) is 0 Å². The van der Waals surface area contributed by atoms with Crippen LogP contribution < -0.4 is 10.6 Å². The summed E-state index contributed by atoms with van der Waals surface area (Å²) in [6.07, 6.45) is -3.16. The Labute approximate surface area is 171 Å². The van der Waals surface area contributed by atoms with Crippen LogP contribution in [0.25, 0.3) is 10.6 Å². The molecule has 0 bridgehead atoms. The van der Waals surface area contributed by atoms with E-state index in [1.54, 1.807) is 5.38 Å². The molecule has 2 aromatic rings. The highest BCUT2D eigenvalue weighted by Gasteiger charge is 2.39. The number of carbonyl (C=O) groups excluding carboxylic acids is 1. The number of nitrogens with one attached hydrogen (secondary N) is 2. The first kappa shape index (κ1) is 22.6. The Hall–Kier alpha value is -1.68. The van der Waals surface area contributed by atoms with Gasteiger partial charge in [-0.25, -0.2) is 4.98 Å². The van der Waals surface area contributed by atoms with Gasteiger partial charge in [0, 0.05) is 18.1 Å². The molecule has 1 aromatic carbocycles. The molecule has 2 heterocycles. The van der Waals surface area contributed by atoms with Crippen molar-refractivity contribution in [3.8, 4) is 10.6 Å². The van der Waals surface area contributed by atoms with Crippen molar-refractivity contribution in [3.63, 3.8) is 0 Å². The van der Waals surface area contributed by atoms with Crippen LogP contribution in [-0.4, -0.2) is 36.7 Å². The number of piperidine rings is 1. The summed E-state index contributed by atoms with van der Waals surface area (Å²) >= 11 is 1.32. The lowest BCUT2D eigenvalue weighted by Gasteiger charge is -2.34. The maximum atomic E-state index is 12.6. The first-order valence-corrected chi connectivity index (χ1v) is 9.38. The number of alkyl halides is 3. The van der Waals surface area contributed by atoms with Crippen molar-refractivity contribution >= 4 is 29.7 Å². The van der Waals surface area contributed by atoms with E-state index in [1.807, 2.05) is 0 Å². The van der Waals surface area contributed by atoms with Crippen molar-refractivity contribution in [2.24, 2.45) is 0 Å². The number of aromatic nitrogens is 1. The highest BCUT2D eigenvalue weighted by molar-refractivity contribution is 7.13. The number of ether oxygens (including phenoxy) is 1. The molecule has 0 atom stereocenters. The molecular weight excluding hydrogens is 415 g/mol. The van der Waals surface area contributed by atoms with E-state index in [2.05, 4.69) is 15.6 Å². The average molecular weight is 436 g/mol. The second-order valence-corrected chi connectivity index (χ2v) is 7.21. The van der Waals surface area contributed by atoms with Crippen LogP contribution in [0, 0.1) is 0 Å². The summed E-state index contributed by atoms with van der Waals surface area (Å²) in [6.45, 7) is 1.68. The van der Waals surface area contributed by atoms with E-state index in [1.165, 1.54) is 30.6 Å². The van der Waals surface area contributed by atoms with Gasteiger partial charge in [-0.3, -0.25) is 4.79 Å². The van der Waals surface area contributed by atoms with Gasteiger partial charge in [0.2, 0.25) is 0 Å². The first-order chi connectivity index (χ1) is 12.8. The van der Waals surface area contributed by atoms with E-state index in [9.17, 15) is 18.0 Å². The average Bonchev–Trinajstić information content (AvgIpc) is 3.15. The van der Waals surface area contributed by atoms with Gasteiger partial charge >= 0.3 is 6.18 Å². The van der Waals surface area contributed by atoms with E-state index in [0.717, 1.165) is 25.2 Å². The summed E-state index contributed by atoms with van der Waals surface area (Å²) in [5.74, 6) is -0.171. The molecule has 3 rings (SSSR count). The minimum absolute atomic E-state index is 0. The van der Waals surface area contributed by atoms with Crippen LogP contribution in [0.15, 0.2) is 29.6 Å². The number of thiazole rings is 1. The zero-order valence-corrected chi connectivity index (χ0v) is 16.8. The SMILES string of the molecule is COC1(C(=O)NCc2csc(-c3ccc(C(F)(F)F)cc3)n2)CCNCC1.Cl. The van der Waals surface area contributed by atoms with E-state index < -0.39 is 17.3 Å². The van der Waals surface area contributed by atoms with Crippen LogP contribution in [0.2, 0.25) is 0 Å². The Kier molecular flexibility index (Phi) is 7.44. The smallest absolute Gasteiger partial charge is 0.368 e. The minimum Gasteiger partial charge on any atom is -0.368 e. The van der Waals surface area contributed by atoms with Gasteiger partial charge in [-0.15, -0.1) is 23.7 Å². The van der Waals surface area contributed by atoms with Crippen LogP contribution >= 0.6 is 23.7 Å². The quantitative estimate of drug-likeness (QED) is 0.752. The molecule has 0 unspecified atom stereocenters. The molecule has 154 valence electrons. The number of nitrogens with zero attached hydrogens (tertiary/aromatic N) is 1. The summed E-state index contributed by atoms with van der Waals surface area (Å²) < 4.78 is 43.4. The van der Waals surface area contributed by atoms with Gasteiger partial charge in [-0.2, -0.15) is 13.2 Å². The number of hydrogen-bond acceptors (Lipinski definition) is 5. The Morgan fingerprint density at radius 2 is 1.93 bits per heavy atom. The molecular formula is C18H21ClF3N3O2S. The molecule has 0 saturated carbocycles. The number of rotatable bonds is 5. The zero-order chi connectivity index (χ0) is 19.5. The van der Waals surface area contributed by atoms with Gasteiger partial charge in [-0.1, -0.05) is 12.1 Å². The Bertz CT molecular complexity index is 790. The molecule has 1 amide bonds. The highest BCUT2D eigenvalue weighted by Crippen LogP contribution is 2.31. The predicted octanol–water partition coefficient (Wildman–Crippen LogP) is 3.64. The second kappa shape index (κ2) is 9.21. The molecule has 0 radical (unpaired) electrons. The molecule has 1 saturated heterocycles. The topological polar surface area (TPSA) is 63.2 Å². The molecule has 2 N–H and O–H groups in total. The maximum Gasteiger partial charge on any atom is 0.416 e. The van der Waals surface area contributed by atoms with Gasteiger partial charge < -0.3 is 15.4 Å². The summed E-state index contributed by atoms with van der Waals surface area (Å²) in [5.41, 5.74) is -0.250. The fraction of sp³-hybridized carbons (Fsp3) is 0.444. The standard InChI is InChI=1S/C18H20F3N3O2S.ClH/c1-26-17(6-8-22-9-7-17)16(25)23-10-14-11-27-15(24-14)12-2-4-13(5-3-12)18(19,20)21;/h2-5,11,22H,6-10H2,1H3,(H,23,25);1H. The second-order valence-electron chi connectivity index (χ2n) is 6.35. The summed E-state index contributed by atoms with van der Waals surface area (Å²) in [7, 11) is 1.54. The van der Waals surface area contributed by atoms with Crippen LogP contribution in [0.4, 0.5) is 13.2 Å². The molecule has 28 heavy (non-hydrogen) atoms. The lowest BCUT2D eigenvalue weighted by Crippen LogP contribution is -2.53. The van der Waals surface area contributed by atoms with Gasteiger partial charge in [0.15, 0.2) is 0 Å². The van der Waals surface area contributed by atoms with E-state index >= 15 is 0 Å². The van der Waals surface area contributed by atoms with Gasteiger partial charge in [0.25, 0.3) is 5.91 Å². The largest absolute Gasteiger partial charge is 0.416 e. The molecule has 0 aliphatic carbocycles. The molecule has 10 heteroatoms. The third-order valence-electron chi connectivity index (χ3n) is 4.66. The van der Waals surface area contributed by atoms with E-state index in [0.29, 0.717) is 29.1 Å². The van der Waals surface area contributed by atoms with E-state index in [-0.39, 0.29) is 24.9 Å². The maximum absolute atomic E-state index is 12.6. The summed E-state index contributed by atoms with van der Waals surface area (Å²) in [6, 6.07) is 4.88. The van der Waals surface area contributed by atoms with Gasteiger partial charge in [0.05, 0.1) is 17.8 Å². The summed E-state index contributed by atoms with van der Waals surface area (Å²) in [5, 5.41) is 8.45. The number of amides is 1. The van der Waals surface area contributed by atoms with Gasteiger partial charge in [-0.05, 0) is 38.1 Å². The molecule has 1 aliphatic rings. The number of methoxy groups -OCH3 is 1.